The molecule has 0 saturated carbocycles. The van der Waals surface area contributed by atoms with Crippen molar-refractivity contribution in [2.45, 2.75) is 70.6 Å². The van der Waals surface area contributed by atoms with E-state index >= 15 is 0 Å². The van der Waals surface area contributed by atoms with Crippen LogP contribution in [0.15, 0.2) is 74.9 Å². The van der Waals surface area contributed by atoms with Crippen LogP contribution in [0, 0.1) is 0 Å². The van der Waals surface area contributed by atoms with E-state index in [-0.39, 0.29) is 27.4 Å². The first-order chi connectivity index (χ1) is 23.7. The zero-order valence-corrected chi connectivity index (χ0v) is 30.8. The Morgan fingerprint density at radius 1 is 0.820 bits per heavy atom. The van der Waals surface area contributed by atoms with E-state index < -0.39 is 5.97 Å². The van der Waals surface area contributed by atoms with Crippen molar-refractivity contribution in [3.63, 3.8) is 0 Å². The number of hydrogen-bond acceptors (Lipinski definition) is 7. The van der Waals surface area contributed by atoms with Crippen LogP contribution < -0.4 is 10.5 Å². The summed E-state index contributed by atoms with van der Waals surface area (Å²) in [5.74, 6) is -0.933. The van der Waals surface area contributed by atoms with Gasteiger partial charge in [-0.15, -0.1) is 22.7 Å². The number of allylic oxidation sites excluding steroid dienone is 1. The molecule has 0 unspecified atom stereocenters. The fourth-order valence-electron chi connectivity index (χ4n) is 7.70. The van der Waals surface area contributed by atoms with Gasteiger partial charge in [-0.1, -0.05) is 41.5 Å². The van der Waals surface area contributed by atoms with Crippen LogP contribution in [0.1, 0.15) is 96.1 Å². The summed E-state index contributed by atoms with van der Waals surface area (Å²) in [4.78, 5) is 36.6. The summed E-state index contributed by atoms with van der Waals surface area (Å²) in [5, 5.41) is 10.4. The Labute approximate surface area is 300 Å². The Balaban J connectivity index is 1.04. The number of rotatable bonds is 6. The summed E-state index contributed by atoms with van der Waals surface area (Å²) in [7, 11) is 0. The van der Waals surface area contributed by atoms with Gasteiger partial charge >= 0.3 is 11.6 Å². The van der Waals surface area contributed by atoms with Gasteiger partial charge in [0.2, 0.25) is 0 Å². The molecule has 0 atom stereocenters. The molecule has 1 N–H and O–H groups in total. The number of hydrogen-bond donors (Lipinski definition) is 1. The lowest BCUT2D eigenvalue weighted by molar-refractivity contribution is 0.0696. The van der Waals surface area contributed by atoms with Crippen LogP contribution in [0.2, 0.25) is 0 Å². The highest BCUT2D eigenvalue weighted by molar-refractivity contribution is 7.16. The minimum Gasteiger partial charge on any atom is -0.478 e. The molecular weight excluding hydrogens is 661 g/mol. The Bertz CT molecular complexity index is 2380. The Morgan fingerprint density at radius 2 is 1.48 bits per heavy atom. The van der Waals surface area contributed by atoms with Gasteiger partial charge in [0.05, 0.1) is 22.5 Å². The van der Waals surface area contributed by atoms with E-state index in [4.69, 9.17) is 9.41 Å². The highest BCUT2D eigenvalue weighted by Gasteiger charge is 2.42. The van der Waals surface area contributed by atoms with Crippen LogP contribution in [0.5, 0.6) is 0 Å². The normalized spacial score (nSPS) is 18.5. The molecule has 254 valence electrons. The predicted molar refractivity (Wildman–Crippen MR) is 209 cm³/mol. The second-order valence-corrected chi connectivity index (χ2v) is 17.8. The molecule has 0 aliphatic carbocycles. The van der Waals surface area contributed by atoms with Crippen LogP contribution in [0.4, 0.5) is 11.4 Å². The van der Waals surface area contributed by atoms with Gasteiger partial charge in [0.1, 0.15) is 5.58 Å². The van der Waals surface area contributed by atoms with Crippen LogP contribution in [0.25, 0.3) is 39.6 Å². The lowest BCUT2D eigenvalue weighted by Gasteiger charge is -2.48. The number of carbonyl (C=O) groups is 1. The number of thiophene rings is 2. The molecule has 5 aromatic rings. The molecule has 0 spiro atoms. The molecule has 3 aliphatic rings. The zero-order valence-electron chi connectivity index (χ0n) is 29.2. The van der Waals surface area contributed by atoms with Crippen molar-refractivity contribution in [1.82, 2.24) is 0 Å². The second-order valence-electron chi connectivity index (χ2n) is 15.5. The smallest absolute Gasteiger partial charge is 0.345 e. The summed E-state index contributed by atoms with van der Waals surface area (Å²) in [6.45, 7) is 15.5. The summed E-state index contributed by atoms with van der Waals surface area (Å²) in [5.41, 5.74) is 7.40. The lowest BCUT2D eigenvalue weighted by atomic mass is 9.69. The van der Waals surface area contributed by atoms with E-state index in [2.05, 4.69) is 88.9 Å². The molecule has 0 fully saturated rings. The van der Waals surface area contributed by atoms with Crippen LogP contribution in [-0.2, 0) is 16.2 Å². The van der Waals surface area contributed by atoms with E-state index in [1.807, 2.05) is 18.2 Å². The first kappa shape index (κ1) is 32.7. The average molecular weight is 701 g/mol. The van der Waals surface area contributed by atoms with Crippen LogP contribution >= 0.6 is 22.7 Å². The fraction of sp³-hybridized carbons (Fsp3) is 0.310. The molecule has 8 heteroatoms. The molecule has 0 bridgehead atoms. The largest absolute Gasteiger partial charge is 0.478 e. The minimum absolute atomic E-state index is 0.0534. The maximum Gasteiger partial charge on any atom is 0.345 e. The Hall–Kier alpha value is -4.53. The van der Waals surface area contributed by atoms with E-state index in [1.165, 1.54) is 16.8 Å². The molecular formula is C42H40N2O4S2. The number of carboxylic acid groups (broad SMARTS) is 1. The molecule has 6 heterocycles. The van der Waals surface area contributed by atoms with Crippen LogP contribution in [0.3, 0.4) is 0 Å². The Morgan fingerprint density at radius 3 is 2.20 bits per heavy atom. The quantitative estimate of drug-likeness (QED) is 0.178. The molecule has 0 amide bonds. The fourth-order valence-corrected chi connectivity index (χ4v) is 9.43. The van der Waals surface area contributed by atoms with Gasteiger partial charge in [0.15, 0.2) is 0 Å². The van der Waals surface area contributed by atoms with E-state index in [9.17, 15) is 14.7 Å². The van der Waals surface area contributed by atoms with Gasteiger partial charge in [-0.2, -0.15) is 0 Å². The SMILES string of the molecule is CC1(C)CCN2CCC(C)(C)c3c2c1cc1cc(-c2ccc(C=Cc4ccc(C=CC5=Nc6ccc(C(=O)O)cc6C5(C)C)s4)s2)c(=O)oc31. The van der Waals surface area contributed by atoms with Crippen molar-refractivity contribution in [2.75, 3.05) is 18.0 Å². The van der Waals surface area contributed by atoms with E-state index in [0.717, 1.165) is 73.4 Å². The predicted octanol–water partition coefficient (Wildman–Crippen LogP) is 10.7. The molecule has 3 aliphatic heterocycles. The molecule has 2 aromatic carbocycles. The summed E-state index contributed by atoms with van der Waals surface area (Å²) < 4.78 is 6.24. The third-order valence-corrected chi connectivity index (χ3v) is 13.0. The summed E-state index contributed by atoms with van der Waals surface area (Å²) in [6, 6.07) is 17.7. The Kier molecular flexibility index (Phi) is 7.51. The van der Waals surface area contributed by atoms with Crippen LogP contribution in [-0.4, -0.2) is 29.9 Å². The summed E-state index contributed by atoms with van der Waals surface area (Å²) >= 11 is 3.27. The third-order valence-electron chi connectivity index (χ3n) is 10.9. The average Bonchev–Trinajstić information content (AvgIpc) is 3.79. The number of aliphatic imine (C=N–C) groups is 1. The van der Waals surface area contributed by atoms with Crippen molar-refractivity contribution >= 4 is 74.9 Å². The number of aromatic carboxylic acids is 1. The van der Waals surface area contributed by atoms with Gasteiger partial charge in [-0.3, -0.25) is 4.99 Å². The standard InChI is InChI=1S/C42H40N2O4S2/c1-40(2)17-19-44-20-18-41(3,4)35-36(44)31(40)23-25-21-29(39(47)48-37(25)35)33-15-12-28(50-33)11-10-26-8-9-27(49-26)13-16-34-42(5,6)30-22-24(38(45)46)7-14-32(30)43-34/h7-16,21-23H,17-20H2,1-6H3,(H,45,46). The number of carboxylic acids is 1. The maximum absolute atomic E-state index is 13.6. The van der Waals surface area contributed by atoms with Gasteiger partial charge in [0, 0.05) is 54.7 Å². The number of benzene rings is 2. The van der Waals surface area contributed by atoms with Crippen molar-refractivity contribution in [3.8, 4) is 10.4 Å². The molecule has 8 rings (SSSR count). The first-order valence-electron chi connectivity index (χ1n) is 17.2. The topological polar surface area (TPSA) is 83.1 Å². The number of anilines is 1. The molecule has 50 heavy (non-hydrogen) atoms. The monoisotopic (exact) mass is 700 g/mol. The molecule has 3 aromatic heterocycles. The first-order valence-corrected chi connectivity index (χ1v) is 18.8. The molecule has 0 saturated heterocycles. The van der Waals surface area contributed by atoms with Crippen molar-refractivity contribution in [3.05, 3.63) is 108 Å². The number of fused-ring (bicyclic) bond motifs is 3. The second kappa shape index (κ2) is 11.5. The van der Waals surface area contributed by atoms with Gasteiger partial charge < -0.3 is 14.4 Å². The lowest BCUT2D eigenvalue weighted by Crippen LogP contribution is -2.44. The molecule has 0 radical (unpaired) electrons. The van der Waals surface area contributed by atoms with Gasteiger partial charge in [-0.05, 0) is 114 Å². The zero-order chi connectivity index (χ0) is 35.2. The highest BCUT2D eigenvalue weighted by Crippen LogP contribution is 2.52. The summed E-state index contributed by atoms with van der Waals surface area (Å²) in [6.07, 6.45) is 10.4. The minimum atomic E-state index is -0.933. The third kappa shape index (κ3) is 5.40. The maximum atomic E-state index is 13.6. The van der Waals surface area contributed by atoms with Crippen molar-refractivity contribution in [2.24, 2.45) is 4.99 Å². The molecule has 6 nitrogen and oxygen atoms in total. The highest BCUT2D eigenvalue weighted by atomic mass is 32.1. The van der Waals surface area contributed by atoms with E-state index in [0.29, 0.717) is 5.56 Å². The van der Waals surface area contributed by atoms with E-state index in [1.54, 1.807) is 40.9 Å². The van der Waals surface area contributed by atoms with Crippen molar-refractivity contribution < 1.29 is 14.3 Å². The van der Waals surface area contributed by atoms with Crippen molar-refractivity contribution in [1.29, 1.82) is 0 Å². The van der Waals surface area contributed by atoms with Gasteiger partial charge in [0.25, 0.3) is 0 Å². The number of nitrogens with zero attached hydrogens (tertiary/aromatic N) is 2. The van der Waals surface area contributed by atoms with Gasteiger partial charge in [-0.25, -0.2) is 9.59 Å².